The third-order valence-electron chi connectivity index (χ3n) is 24.7. The molecule has 3 amide bonds. The van der Waals surface area contributed by atoms with Crippen LogP contribution in [-0.4, -0.2) is 293 Å². The van der Waals surface area contributed by atoms with E-state index in [0.29, 0.717) is 222 Å². The lowest BCUT2D eigenvalue weighted by Gasteiger charge is -2.43. The van der Waals surface area contributed by atoms with E-state index in [1.807, 2.05) is 79.8 Å². The Morgan fingerprint density at radius 1 is 0.701 bits per heavy atom. The number of carbonyl (C=O) groups is 6. The number of ether oxygens (including phenoxy) is 14. The monoisotopic (exact) mass is 1780 g/mol. The van der Waals surface area contributed by atoms with Crippen LogP contribution in [0, 0.1) is 35.5 Å². The average Bonchev–Trinajstić information content (AvgIpc) is 1.71. The minimum absolute atomic E-state index is 0.00472. The van der Waals surface area contributed by atoms with Crippen LogP contribution in [0.2, 0.25) is 0 Å². The number of fused-ring (bicyclic) bond motifs is 6. The van der Waals surface area contributed by atoms with E-state index in [2.05, 4.69) is 38.5 Å². The number of esters is 1. The minimum Gasteiger partial charge on any atom is -0.460 e. The van der Waals surface area contributed by atoms with Gasteiger partial charge in [0.1, 0.15) is 53.8 Å². The first-order chi connectivity index (χ1) is 61.3. The Bertz CT molecular complexity index is 4460. The fourth-order valence-electron chi connectivity index (χ4n) is 17.3. The number of oxazole rings is 1. The number of benzene rings is 2. The van der Waals surface area contributed by atoms with Crippen LogP contribution in [-0.2, 0) is 110 Å². The Labute approximate surface area is 744 Å². The maximum atomic E-state index is 14.8. The van der Waals surface area contributed by atoms with Gasteiger partial charge in [-0.1, -0.05) is 89.3 Å². The Balaban J connectivity index is 0.552. The Kier molecular flexibility index (Phi) is 40.5. The first kappa shape index (κ1) is 101. The molecule has 2 bridgehead atoms. The summed E-state index contributed by atoms with van der Waals surface area (Å²) in [4.78, 5) is 100. The number of hydrogen-bond donors (Lipinski definition) is 6. The van der Waals surface area contributed by atoms with Crippen LogP contribution in [0.4, 0.5) is 16.6 Å². The van der Waals surface area contributed by atoms with Crippen molar-refractivity contribution in [2.45, 2.75) is 212 Å². The Morgan fingerprint density at radius 3 is 2.05 bits per heavy atom. The SMILES string of the molecule is CO[C@H]1C[C@@H]2CC[C@@H](C)[C@@](O)(O2)C(=O)C(=O)N2CCCC[C@H]2C(=O)O[C@H]([C@H](C)C[C@@H]2CC[C@@H](OC(=O)NCCOCCOCCOCCOCCOCCOCCOCCOCCC(=O)N3CCc4cc(Cn5nc(-c6ccc7oc(N)nc7c6)c6c(N)ncnc65)ccc4C3)[C@H](OC)C2)C[C@@H](O)[C@H](C)/C=C(/C)[C@@H](O)[C@@H](OC)C(=O)[C@H](C)C[C@H](C)\C=C/C=C\C=C/1C. The summed E-state index contributed by atoms with van der Waals surface area (Å²) in [7, 11) is 4.52. The standard InChI is InChI=1S/C93H136N10O24/c1-59-16-12-11-13-17-60(2)77(113-8)54-71-24-19-65(7)93(112,127-71)86(108)89(109)102-30-15-14-18-73(102)90(110)124-78(55-74(104)61(3)49-64(6)84(107)85(115-10)83(106)63(5)48-59)62(4)50-66-21-25-76(79(52-66)114-9)126-92(111)96-29-33-117-35-37-119-39-41-121-43-45-123-47-46-122-44-42-120-40-38-118-36-34-116-32-28-80(105)101-31-27-68-51-67(20-22-70(68)57-101)56-103-88-81(87(94)97-58-98-88)82(100-103)69-23-26-75-72(53-69)99-91(95)125-75/h11-13,16-17,20,22-23,26,49,51,53,58-59,61-63,65-66,71,73-74,76-79,84-85,104,107,112H,14-15,18-19,21,24-25,27-48,50,52,54-57H2,1-10H3,(H2,95,99)(H,96,111)(H2,94,97,98)/b13-11-,16-12-,60-17-,64-49-/t59-,61-,62-,63-,65-,66+,71+,73+,74-,76-,77+,78+,79-,84-,85+,93-/m1/s1. The number of cyclic esters (lactones) is 1. The molecule has 8 N–H and O–H groups in total. The largest absolute Gasteiger partial charge is 0.460 e. The molecule has 3 aromatic heterocycles. The van der Waals surface area contributed by atoms with Crippen LogP contribution in [0.25, 0.3) is 33.4 Å². The summed E-state index contributed by atoms with van der Waals surface area (Å²) in [6.07, 6.45) is 11.4. The zero-order valence-electron chi connectivity index (χ0n) is 75.6. The number of carbonyl (C=O) groups excluding carboxylic acids is 6. The van der Waals surface area contributed by atoms with Crippen molar-refractivity contribution in [3.8, 4) is 11.3 Å². The van der Waals surface area contributed by atoms with Gasteiger partial charge in [0.25, 0.3) is 17.7 Å². The number of Topliss-reactive ketones (excluding diaryl/α,β-unsaturated/α-hetero) is 2. The highest BCUT2D eigenvalue weighted by atomic mass is 16.6. The number of aromatic nitrogens is 5. The molecular weight excluding hydrogens is 1640 g/mol. The molecule has 127 heavy (non-hydrogen) atoms. The number of alkyl carbamates (subject to hydrolysis) is 1. The summed E-state index contributed by atoms with van der Waals surface area (Å²) in [5, 5.41) is 44.2. The minimum atomic E-state index is -2.47. The second kappa shape index (κ2) is 51.1. The van der Waals surface area contributed by atoms with Crippen LogP contribution >= 0.6 is 0 Å². The number of nitrogens with two attached hydrogens (primary N) is 2. The number of nitrogens with zero attached hydrogens (tertiary/aromatic N) is 7. The molecule has 5 aliphatic rings. The van der Waals surface area contributed by atoms with E-state index in [1.54, 1.807) is 47.1 Å². The van der Waals surface area contributed by atoms with Crippen molar-refractivity contribution < 1.29 is 115 Å². The van der Waals surface area contributed by atoms with Gasteiger partial charge in [0.05, 0.1) is 148 Å². The first-order valence-electron chi connectivity index (χ1n) is 45.0. The van der Waals surface area contributed by atoms with Gasteiger partial charge in [-0.05, 0) is 148 Å². The molecule has 7 heterocycles. The summed E-state index contributed by atoms with van der Waals surface area (Å²) >= 11 is 0. The number of ketones is 2. The molecule has 0 spiro atoms. The second-order valence-corrected chi connectivity index (χ2v) is 34.1. The van der Waals surface area contributed by atoms with Crippen molar-refractivity contribution >= 4 is 69.4 Å². The van der Waals surface area contributed by atoms with Gasteiger partial charge in [-0.15, -0.1) is 0 Å². The maximum Gasteiger partial charge on any atom is 0.407 e. The lowest BCUT2D eigenvalue weighted by molar-refractivity contribution is -0.265. The van der Waals surface area contributed by atoms with Crippen LogP contribution in [0.3, 0.4) is 0 Å². The normalized spacial score (nSPS) is 27.6. The molecule has 16 atom stereocenters. The lowest BCUT2D eigenvalue weighted by Crippen LogP contribution is -2.61. The van der Waals surface area contributed by atoms with Gasteiger partial charge in [0.15, 0.2) is 17.0 Å². The number of anilines is 2. The zero-order chi connectivity index (χ0) is 90.9. The fraction of sp³-hybridized carbons (Fsp3) is 0.656. The van der Waals surface area contributed by atoms with Crippen molar-refractivity contribution in [2.24, 2.45) is 35.5 Å². The quantitative estimate of drug-likeness (QED) is 0.00934. The van der Waals surface area contributed by atoms with Crippen LogP contribution in [0.1, 0.15) is 149 Å². The Morgan fingerprint density at radius 2 is 1.38 bits per heavy atom. The number of aliphatic hydroxyl groups is 3. The molecule has 1 saturated carbocycles. The Hall–Kier alpha value is -8.56. The predicted molar refractivity (Wildman–Crippen MR) is 471 cm³/mol. The summed E-state index contributed by atoms with van der Waals surface area (Å²) < 4.78 is 88.5. The number of rotatable bonds is 37. The molecule has 2 saturated heterocycles. The summed E-state index contributed by atoms with van der Waals surface area (Å²) in [6.45, 7) is 20.5. The summed E-state index contributed by atoms with van der Waals surface area (Å²) in [6, 6.07) is 10.7. The van der Waals surface area contributed by atoms with E-state index in [-0.39, 0.29) is 74.4 Å². The number of methoxy groups -OCH3 is 3. The van der Waals surface area contributed by atoms with Crippen molar-refractivity contribution in [3.05, 3.63) is 107 Å². The number of hydrogen-bond acceptors (Lipinski definition) is 30. The predicted octanol–water partition coefficient (Wildman–Crippen LogP) is 8.97. The maximum absolute atomic E-state index is 14.8. The van der Waals surface area contributed by atoms with E-state index in [0.717, 1.165) is 28.7 Å². The molecule has 0 radical (unpaired) electrons. The molecule has 10 rings (SSSR count). The van der Waals surface area contributed by atoms with E-state index < -0.39 is 102 Å². The van der Waals surface area contributed by atoms with Gasteiger partial charge in [0, 0.05) is 83.7 Å². The molecule has 4 aliphatic heterocycles. The van der Waals surface area contributed by atoms with Crippen molar-refractivity contribution in [1.29, 1.82) is 0 Å². The number of allylic oxidation sites excluding steroid dienone is 5. The molecule has 2 aromatic carbocycles. The fourth-order valence-corrected chi connectivity index (χ4v) is 17.3. The highest BCUT2D eigenvalue weighted by Crippen LogP contribution is 2.40. The van der Waals surface area contributed by atoms with Crippen LogP contribution < -0.4 is 16.8 Å². The molecule has 3 fully saturated rings. The molecular formula is C93H136N10O24. The van der Waals surface area contributed by atoms with E-state index in [1.165, 1.54) is 23.9 Å². The van der Waals surface area contributed by atoms with Gasteiger partial charge in [0.2, 0.25) is 11.7 Å². The van der Waals surface area contributed by atoms with Gasteiger partial charge < -0.3 is 113 Å². The van der Waals surface area contributed by atoms with Crippen LogP contribution in [0.5, 0.6) is 0 Å². The van der Waals surface area contributed by atoms with Crippen molar-refractivity contribution in [3.63, 3.8) is 0 Å². The van der Waals surface area contributed by atoms with Gasteiger partial charge in [-0.25, -0.2) is 24.2 Å². The summed E-state index contributed by atoms with van der Waals surface area (Å²) in [5.41, 5.74) is 20.0. The molecule has 1 aliphatic carbocycles. The number of piperidine rings is 1. The zero-order valence-corrected chi connectivity index (χ0v) is 75.6. The molecule has 34 heteroatoms. The smallest absolute Gasteiger partial charge is 0.407 e. The van der Waals surface area contributed by atoms with E-state index in [4.69, 9.17) is 87.3 Å². The molecule has 34 nitrogen and oxygen atoms in total. The van der Waals surface area contributed by atoms with E-state index >= 15 is 0 Å². The van der Waals surface area contributed by atoms with Gasteiger partial charge in [-0.2, -0.15) is 10.1 Å². The highest BCUT2D eigenvalue weighted by Gasteiger charge is 2.53. The number of nitrogen functional groups attached to an aromatic ring is 2. The molecule has 702 valence electrons. The van der Waals surface area contributed by atoms with Gasteiger partial charge in [-0.3, -0.25) is 19.2 Å². The summed E-state index contributed by atoms with van der Waals surface area (Å²) in [5.74, 6) is -7.56. The number of aliphatic hydroxyl groups excluding tert-OH is 2. The molecule has 5 aromatic rings. The highest BCUT2D eigenvalue weighted by molar-refractivity contribution is 6.39. The third-order valence-corrected chi connectivity index (χ3v) is 24.7. The van der Waals surface area contributed by atoms with Gasteiger partial charge >= 0.3 is 12.1 Å². The van der Waals surface area contributed by atoms with E-state index in [9.17, 15) is 44.1 Å². The average molecular weight is 1780 g/mol. The third kappa shape index (κ3) is 29.5. The second-order valence-electron chi connectivity index (χ2n) is 34.1. The van der Waals surface area contributed by atoms with Crippen molar-refractivity contribution in [1.82, 2.24) is 39.8 Å². The number of nitrogens with one attached hydrogen (secondary N) is 1. The topological polar surface area (TPSA) is 433 Å². The number of amides is 3. The van der Waals surface area contributed by atoms with Crippen LogP contribution in [0.15, 0.2) is 94.7 Å². The van der Waals surface area contributed by atoms with Crippen molar-refractivity contribution in [2.75, 3.05) is 158 Å². The molecule has 0 unspecified atom stereocenters. The lowest BCUT2D eigenvalue weighted by atomic mass is 9.78. The first-order valence-corrected chi connectivity index (χ1v) is 45.0.